The second kappa shape index (κ2) is 6.37. The zero-order chi connectivity index (χ0) is 16.5. The Kier molecular flexibility index (Phi) is 4.91. The summed E-state index contributed by atoms with van der Waals surface area (Å²) in [6.07, 6.45) is -0.624. The van der Waals surface area contributed by atoms with Gasteiger partial charge in [-0.1, -0.05) is 0 Å². The number of amides is 1. The molecule has 0 aliphatic heterocycles. The second-order valence-electron chi connectivity index (χ2n) is 5.49. The van der Waals surface area contributed by atoms with Crippen LogP contribution in [0.3, 0.4) is 0 Å². The molecule has 5 nitrogen and oxygen atoms in total. The molecule has 0 radical (unpaired) electrons. The summed E-state index contributed by atoms with van der Waals surface area (Å²) in [5.74, 6) is -0.288. The molecule has 120 valence electrons. The number of aromatic nitrogens is 1. The Hall–Kier alpha value is -1.41. The number of hydroxylamine groups is 2. The van der Waals surface area contributed by atoms with Gasteiger partial charge in [-0.05, 0) is 43.6 Å². The van der Waals surface area contributed by atoms with E-state index in [9.17, 15) is 9.18 Å². The average molecular weight is 391 g/mol. The van der Waals surface area contributed by atoms with Gasteiger partial charge < -0.3 is 9.57 Å². The van der Waals surface area contributed by atoms with Crippen molar-refractivity contribution in [1.82, 2.24) is 10.0 Å². The van der Waals surface area contributed by atoms with Crippen molar-refractivity contribution in [1.29, 1.82) is 0 Å². The predicted octanol–water partition coefficient (Wildman–Crippen LogP) is 4.75. The number of hydrogen-bond acceptors (Lipinski definition) is 5. The molecule has 1 aromatic heterocycles. The minimum Gasteiger partial charge on any atom is -0.442 e. The van der Waals surface area contributed by atoms with Crippen molar-refractivity contribution >= 4 is 43.6 Å². The SMILES string of the molecule is CCN(Oc1cc(F)c2nc(Br)sc2c1)C(=O)OC(C)(C)C. The van der Waals surface area contributed by atoms with E-state index >= 15 is 0 Å². The highest BCUT2D eigenvalue weighted by Gasteiger charge is 2.23. The number of carbonyl (C=O) groups excluding carboxylic acids is 1. The Bertz CT molecular complexity index is 699. The summed E-state index contributed by atoms with van der Waals surface area (Å²) in [4.78, 5) is 21.5. The van der Waals surface area contributed by atoms with E-state index in [2.05, 4.69) is 20.9 Å². The molecule has 8 heteroatoms. The number of rotatable bonds is 3. The highest BCUT2D eigenvalue weighted by atomic mass is 79.9. The van der Waals surface area contributed by atoms with E-state index in [1.54, 1.807) is 33.8 Å². The number of carbonyl (C=O) groups is 1. The summed E-state index contributed by atoms with van der Waals surface area (Å²) >= 11 is 4.50. The van der Waals surface area contributed by atoms with Crippen molar-refractivity contribution in [3.8, 4) is 5.75 Å². The number of thiazole rings is 1. The fourth-order valence-electron chi connectivity index (χ4n) is 1.66. The molecule has 0 fully saturated rings. The first-order valence-corrected chi connectivity index (χ1v) is 8.24. The number of benzene rings is 1. The van der Waals surface area contributed by atoms with Crippen molar-refractivity contribution in [2.45, 2.75) is 33.3 Å². The minimum absolute atomic E-state index is 0.217. The van der Waals surface area contributed by atoms with Gasteiger partial charge in [-0.15, -0.1) is 16.4 Å². The van der Waals surface area contributed by atoms with Gasteiger partial charge in [0.2, 0.25) is 0 Å². The van der Waals surface area contributed by atoms with Crippen molar-refractivity contribution in [2.24, 2.45) is 0 Å². The predicted molar refractivity (Wildman–Crippen MR) is 86.5 cm³/mol. The molecule has 0 saturated heterocycles. The van der Waals surface area contributed by atoms with E-state index in [0.29, 0.717) is 8.62 Å². The second-order valence-corrected chi connectivity index (χ2v) is 7.79. The third kappa shape index (κ3) is 4.07. The summed E-state index contributed by atoms with van der Waals surface area (Å²) < 4.78 is 20.4. The lowest BCUT2D eigenvalue weighted by Gasteiger charge is -2.26. The molecular formula is C14H16BrFN2O3S. The third-order valence-corrected chi connectivity index (χ3v) is 3.95. The third-order valence-electron chi connectivity index (χ3n) is 2.50. The fraction of sp³-hybridized carbons (Fsp3) is 0.429. The lowest BCUT2D eigenvalue weighted by molar-refractivity contribution is -0.0694. The average Bonchev–Trinajstić information content (AvgIpc) is 2.74. The Morgan fingerprint density at radius 2 is 2.14 bits per heavy atom. The van der Waals surface area contributed by atoms with Gasteiger partial charge in [0.15, 0.2) is 15.5 Å². The van der Waals surface area contributed by atoms with Gasteiger partial charge in [0.25, 0.3) is 0 Å². The van der Waals surface area contributed by atoms with Crippen LogP contribution >= 0.6 is 27.3 Å². The zero-order valence-corrected chi connectivity index (χ0v) is 15.0. The standard InChI is InChI=1S/C14H16BrFN2O3S/c1-5-18(13(19)20-14(2,3)4)21-8-6-9(16)11-10(7-8)22-12(15)17-11/h6-7H,5H2,1-4H3. The van der Waals surface area contributed by atoms with Gasteiger partial charge in [-0.3, -0.25) is 0 Å². The van der Waals surface area contributed by atoms with Crippen LogP contribution in [0.2, 0.25) is 0 Å². The van der Waals surface area contributed by atoms with Gasteiger partial charge in [0.1, 0.15) is 11.1 Å². The summed E-state index contributed by atoms with van der Waals surface area (Å²) in [7, 11) is 0. The molecule has 0 aliphatic carbocycles. The summed E-state index contributed by atoms with van der Waals surface area (Å²) in [5.41, 5.74) is -0.365. The summed E-state index contributed by atoms with van der Waals surface area (Å²) in [5, 5.41) is 1.04. The summed E-state index contributed by atoms with van der Waals surface area (Å²) in [6.45, 7) is 7.29. The maximum Gasteiger partial charge on any atom is 0.443 e. The number of fused-ring (bicyclic) bond motifs is 1. The van der Waals surface area contributed by atoms with Gasteiger partial charge in [0.05, 0.1) is 11.2 Å². The number of nitrogens with zero attached hydrogens (tertiary/aromatic N) is 2. The monoisotopic (exact) mass is 390 g/mol. The molecule has 0 saturated carbocycles. The number of ether oxygens (including phenoxy) is 1. The first kappa shape index (κ1) is 17.0. The van der Waals surface area contributed by atoms with Crippen LogP contribution in [0.25, 0.3) is 10.2 Å². The fourth-order valence-corrected chi connectivity index (χ4v) is 3.10. The van der Waals surface area contributed by atoms with Crippen LogP contribution in [0.1, 0.15) is 27.7 Å². The Balaban J connectivity index is 2.22. The Morgan fingerprint density at radius 3 is 2.73 bits per heavy atom. The van der Waals surface area contributed by atoms with Crippen LogP contribution in [0.15, 0.2) is 16.0 Å². The first-order chi connectivity index (χ1) is 10.2. The molecule has 1 amide bonds. The van der Waals surface area contributed by atoms with Gasteiger partial charge in [-0.25, -0.2) is 14.2 Å². The molecule has 2 aromatic rings. The van der Waals surface area contributed by atoms with E-state index in [4.69, 9.17) is 9.57 Å². The van der Waals surface area contributed by atoms with Crippen LogP contribution < -0.4 is 4.84 Å². The molecule has 1 aromatic carbocycles. The van der Waals surface area contributed by atoms with Crippen molar-refractivity contribution in [2.75, 3.05) is 6.54 Å². The van der Waals surface area contributed by atoms with Crippen LogP contribution in [0, 0.1) is 5.82 Å². The van der Waals surface area contributed by atoms with Gasteiger partial charge in [0, 0.05) is 12.1 Å². The van der Waals surface area contributed by atoms with E-state index in [1.807, 2.05) is 0 Å². The van der Waals surface area contributed by atoms with E-state index in [0.717, 1.165) is 5.06 Å². The maximum absolute atomic E-state index is 14.0. The normalized spacial score (nSPS) is 11.5. The van der Waals surface area contributed by atoms with E-state index in [-0.39, 0.29) is 17.8 Å². The molecule has 0 aliphatic rings. The van der Waals surface area contributed by atoms with Crippen molar-refractivity contribution in [3.05, 3.63) is 21.9 Å². The topological polar surface area (TPSA) is 51.7 Å². The molecule has 0 atom stereocenters. The first-order valence-electron chi connectivity index (χ1n) is 6.63. The van der Waals surface area contributed by atoms with Crippen LogP contribution in [-0.4, -0.2) is 28.3 Å². The van der Waals surface area contributed by atoms with Crippen LogP contribution in [0.4, 0.5) is 9.18 Å². The van der Waals surface area contributed by atoms with Crippen LogP contribution in [-0.2, 0) is 4.74 Å². The molecule has 0 unspecified atom stereocenters. The van der Waals surface area contributed by atoms with E-state index in [1.165, 1.54) is 17.4 Å². The number of halogens is 2. The zero-order valence-electron chi connectivity index (χ0n) is 12.6. The molecule has 0 N–H and O–H groups in total. The minimum atomic E-state index is -0.633. The summed E-state index contributed by atoms with van der Waals surface area (Å²) in [6, 6.07) is 2.83. The molecule has 0 bridgehead atoms. The highest BCUT2D eigenvalue weighted by molar-refractivity contribution is 9.11. The maximum atomic E-state index is 14.0. The lowest BCUT2D eigenvalue weighted by atomic mass is 10.2. The molecule has 0 spiro atoms. The molecule has 22 heavy (non-hydrogen) atoms. The number of hydrogen-bond donors (Lipinski definition) is 0. The molecule has 1 heterocycles. The lowest BCUT2D eigenvalue weighted by Crippen LogP contribution is -2.38. The van der Waals surface area contributed by atoms with Gasteiger partial charge in [-0.2, -0.15) is 0 Å². The van der Waals surface area contributed by atoms with Crippen molar-refractivity contribution in [3.63, 3.8) is 0 Å². The quantitative estimate of drug-likeness (QED) is 0.709. The largest absolute Gasteiger partial charge is 0.443 e. The van der Waals surface area contributed by atoms with Crippen LogP contribution in [0.5, 0.6) is 5.75 Å². The van der Waals surface area contributed by atoms with Crippen molar-refractivity contribution < 1.29 is 18.8 Å². The smallest absolute Gasteiger partial charge is 0.442 e. The van der Waals surface area contributed by atoms with Gasteiger partial charge >= 0.3 is 6.09 Å². The Morgan fingerprint density at radius 1 is 1.45 bits per heavy atom. The van der Waals surface area contributed by atoms with E-state index < -0.39 is 17.5 Å². The molecule has 2 rings (SSSR count). The molecular weight excluding hydrogens is 375 g/mol. The highest BCUT2D eigenvalue weighted by Crippen LogP contribution is 2.31. The Labute approximate surface area is 140 Å².